The molecule has 0 aromatic carbocycles. The second-order valence-electron chi connectivity index (χ2n) is 1.42. The van der Waals surface area contributed by atoms with Crippen LogP contribution in [0.4, 0.5) is 0 Å². The zero-order valence-corrected chi connectivity index (χ0v) is 6.01. The van der Waals surface area contributed by atoms with Crippen molar-refractivity contribution in [2.45, 2.75) is 6.92 Å². The van der Waals surface area contributed by atoms with E-state index in [1.54, 1.807) is 0 Å². The quantitative estimate of drug-likeness (QED) is 0.425. The number of carbonyl (C=O) groups is 1. The van der Waals surface area contributed by atoms with Gasteiger partial charge in [-0.15, -0.1) is 0 Å². The van der Waals surface area contributed by atoms with Crippen LogP contribution in [-0.2, 0) is 20.3 Å². The average Bonchev–Trinajstić information content (AvgIpc) is 1.85. The van der Waals surface area contributed by atoms with Crippen molar-refractivity contribution in [1.29, 1.82) is 0 Å². The monoisotopic (exact) mass is 164 g/mol. The van der Waals surface area contributed by atoms with Gasteiger partial charge in [0, 0.05) is 6.20 Å². The summed E-state index contributed by atoms with van der Waals surface area (Å²) in [4.78, 5) is 10.4. The Morgan fingerprint density at radius 1 is 1.80 bits per heavy atom. The summed E-state index contributed by atoms with van der Waals surface area (Å²) in [5.41, 5.74) is 4.93. The summed E-state index contributed by atoms with van der Waals surface area (Å²) in [5.74, 6) is -0.962. The summed E-state index contributed by atoms with van der Waals surface area (Å²) in [6.07, 6.45) is 0.967. The van der Waals surface area contributed by atoms with Gasteiger partial charge in [-0.05, 0) is 6.92 Å². The Morgan fingerprint density at radius 2 is 2.30 bits per heavy atom. The molecule has 0 bridgehead atoms. The lowest BCUT2D eigenvalue weighted by molar-refractivity contribution is -0.129. The van der Waals surface area contributed by atoms with Gasteiger partial charge >= 0.3 is 5.97 Å². The van der Waals surface area contributed by atoms with Gasteiger partial charge in [0.05, 0.1) is 5.57 Å². The van der Waals surface area contributed by atoms with Crippen LogP contribution in [0, 0.1) is 0 Å². The van der Waals surface area contributed by atoms with Crippen molar-refractivity contribution in [3.05, 3.63) is 11.8 Å². The summed E-state index contributed by atoms with van der Waals surface area (Å²) in [6.45, 7) is 1.34. The van der Waals surface area contributed by atoms with Crippen LogP contribution in [0.15, 0.2) is 11.8 Å². The SMILES string of the molecule is CC(=CN)C(=O)OS(=O)[O-]. The molecule has 2 N–H and O–H groups in total. The van der Waals surface area contributed by atoms with Gasteiger partial charge in [0.1, 0.15) is 11.4 Å². The molecule has 0 aliphatic rings. The van der Waals surface area contributed by atoms with Gasteiger partial charge in [-0.25, -0.2) is 9.00 Å². The largest absolute Gasteiger partial charge is 0.740 e. The molecule has 0 aliphatic carbocycles. The van der Waals surface area contributed by atoms with Gasteiger partial charge in [-0.2, -0.15) is 0 Å². The molecule has 0 aromatic rings. The molecule has 0 aliphatic heterocycles. The third kappa shape index (κ3) is 3.21. The maximum atomic E-state index is 10.4. The summed E-state index contributed by atoms with van der Waals surface area (Å²) in [6, 6.07) is 0. The minimum atomic E-state index is -2.81. The molecule has 58 valence electrons. The van der Waals surface area contributed by atoms with Crippen molar-refractivity contribution in [3.8, 4) is 0 Å². The van der Waals surface area contributed by atoms with Crippen LogP contribution in [0.2, 0.25) is 0 Å². The van der Waals surface area contributed by atoms with E-state index in [-0.39, 0.29) is 5.57 Å². The van der Waals surface area contributed by atoms with Gasteiger partial charge in [0.2, 0.25) is 0 Å². The van der Waals surface area contributed by atoms with Crippen LogP contribution in [0.3, 0.4) is 0 Å². The van der Waals surface area contributed by atoms with Crippen LogP contribution < -0.4 is 5.73 Å². The third-order valence-electron chi connectivity index (χ3n) is 0.716. The summed E-state index contributed by atoms with van der Waals surface area (Å²) in [7, 11) is 0. The Balaban J connectivity index is 3.99. The van der Waals surface area contributed by atoms with Crippen molar-refractivity contribution in [1.82, 2.24) is 0 Å². The molecule has 0 rings (SSSR count). The van der Waals surface area contributed by atoms with Crippen LogP contribution in [0.1, 0.15) is 6.92 Å². The van der Waals surface area contributed by atoms with Gasteiger partial charge in [-0.3, -0.25) is 0 Å². The Labute approximate surface area is 60.3 Å². The molecule has 0 saturated carbocycles. The Morgan fingerprint density at radius 3 is 2.60 bits per heavy atom. The fraction of sp³-hybridized carbons (Fsp3) is 0.250. The molecule has 0 heterocycles. The molecule has 6 heteroatoms. The van der Waals surface area contributed by atoms with Gasteiger partial charge in [-0.1, -0.05) is 0 Å². The molecular weight excluding hydrogens is 158 g/mol. The van der Waals surface area contributed by atoms with E-state index in [1.165, 1.54) is 6.92 Å². The fourth-order valence-electron chi connectivity index (χ4n) is 0.196. The molecule has 1 atom stereocenters. The fourth-order valence-corrected chi connectivity index (χ4v) is 0.451. The molecule has 0 amide bonds. The van der Waals surface area contributed by atoms with Crippen LogP contribution in [0.25, 0.3) is 0 Å². The van der Waals surface area contributed by atoms with Crippen molar-refractivity contribution < 1.29 is 17.7 Å². The third-order valence-corrected chi connectivity index (χ3v) is 1.00. The van der Waals surface area contributed by atoms with E-state index in [9.17, 15) is 13.6 Å². The maximum absolute atomic E-state index is 10.4. The minimum Gasteiger partial charge on any atom is -0.740 e. The van der Waals surface area contributed by atoms with Crippen molar-refractivity contribution in [2.24, 2.45) is 5.73 Å². The summed E-state index contributed by atoms with van der Waals surface area (Å²) in [5, 5.41) is 0. The molecule has 1 unspecified atom stereocenters. The lowest BCUT2D eigenvalue weighted by Crippen LogP contribution is -2.08. The number of nitrogens with two attached hydrogens (primary N) is 1. The second-order valence-corrected chi connectivity index (χ2v) is 2.00. The van der Waals surface area contributed by atoms with Gasteiger partial charge < -0.3 is 14.5 Å². The van der Waals surface area contributed by atoms with Gasteiger partial charge in [0.15, 0.2) is 0 Å². The predicted molar refractivity (Wildman–Crippen MR) is 33.0 cm³/mol. The molecular formula is C4H6NO4S-. The topological polar surface area (TPSA) is 92.5 Å². The molecule has 0 radical (unpaired) electrons. The predicted octanol–water partition coefficient (Wildman–Crippen LogP) is -0.814. The van der Waals surface area contributed by atoms with E-state index < -0.39 is 17.3 Å². The smallest absolute Gasteiger partial charge is 0.348 e. The molecule has 10 heavy (non-hydrogen) atoms. The van der Waals surface area contributed by atoms with E-state index in [4.69, 9.17) is 5.73 Å². The van der Waals surface area contributed by atoms with E-state index in [0.29, 0.717) is 0 Å². The van der Waals surface area contributed by atoms with E-state index >= 15 is 0 Å². The zero-order valence-electron chi connectivity index (χ0n) is 5.20. The van der Waals surface area contributed by atoms with Crippen LogP contribution in [-0.4, -0.2) is 14.7 Å². The molecule has 0 fully saturated rings. The number of carbonyl (C=O) groups excluding carboxylic acids is 1. The average molecular weight is 164 g/mol. The van der Waals surface area contributed by atoms with E-state index in [1.807, 2.05) is 0 Å². The van der Waals surface area contributed by atoms with Crippen molar-refractivity contribution in [3.63, 3.8) is 0 Å². The highest BCUT2D eigenvalue weighted by molar-refractivity contribution is 7.74. The normalized spacial score (nSPS) is 14.4. The standard InChI is InChI=1S/C4H7NO4S/c1-3(2-5)4(6)9-10(7)8/h2H,5H2,1H3,(H,7,8)/p-1. The van der Waals surface area contributed by atoms with E-state index in [2.05, 4.69) is 4.18 Å². The minimum absolute atomic E-state index is 0.0456. The van der Waals surface area contributed by atoms with E-state index in [0.717, 1.165) is 6.20 Å². The highest BCUT2D eigenvalue weighted by Gasteiger charge is 2.03. The Hall–Kier alpha value is -0.880. The first-order valence-corrected chi connectivity index (χ1v) is 3.28. The molecule has 0 aromatic heterocycles. The maximum Gasteiger partial charge on any atom is 0.348 e. The highest BCUT2D eigenvalue weighted by atomic mass is 32.2. The van der Waals surface area contributed by atoms with Gasteiger partial charge in [0.25, 0.3) is 0 Å². The highest BCUT2D eigenvalue weighted by Crippen LogP contribution is 1.94. The van der Waals surface area contributed by atoms with Crippen LogP contribution in [0.5, 0.6) is 0 Å². The zero-order chi connectivity index (χ0) is 8.15. The van der Waals surface area contributed by atoms with Crippen LogP contribution >= 0.6 is 0 Å². The molecule has 0 saturated heterocycles. The first-order valence-electron chi connectivity index (χ1n) is 2.28. The summed E-state index contributed by atoms with van der Waals surface area (Å²) < 4.78 is 23.2. The lowest BCUT2D eigenvalue weighted by atomic mass is 10.3. The number of hydrogen-bond donors (Lipinski definition) is 1. The Bertz CT molecular complexity index is 188. The molecule has 5 nitrogen and oxygen atoms in total. The van der Waals surface area contributed by atoms with Crippen molar-refractivity contribution in [2.75, 3.05) is 0 Å². The summed E-state index contributed by atoms with van der Waals surface area (Å²) >= 11 is -2.81. The molecule has 0 spiro atoms. The number of hydrogen-bond acceptors (Lipinski definition) is 5. The van der Waals surface area contributed by atoms with Crippen molar-refractivity contribution >= 4 is 17.3 Å². The first kappa shape index (κ1) is 9.12. The lowest BCUT2D eigenvalue weighted by Gasteiger charge is -2.03. The number of rotatable bonds is 2. The Kier molecular flexibility index (Phi) is 3.67. The first-order chi connectivity index (χ1) is 4.57. The second kappa shape index (κ2) is 4.02.